The molecule has 2 heterocycles. The van der Waals surface area contributed by atoms with Crippen molar-refractivity contribution in [2.75, 3.05) is 13.2 Å². The molecule has 2 aromatic rings. The largest absolute Gasteiger partial charge is 0.493 e. The van der Waals surface area contributed by atoms with Gasteiger partial charge in [0.1, 0.15) is 18.8 Å². The first-order valence-electron chi connectivity index (χ1n) is 16.1. The van der Waals surface area contributed by atoms with Gasteiger partial charge in [-0.25, -0.2) is 0 Å². The highest BCUT2D eigenvalue weighted by atomic mass is 32.2. The highest BCUT2D eigenvalue weighted by molar-refractivity contribution is 7.87. The summed E-state index contributed by atoms with van der Waals surface area (Å²) < 4.78 is 103. The van der Waals surface area contributed by atoms with Crippen molar-refractivity contribution in [1.82, 2.24) is 0 Å². The summed E-state index contributed by atoms with van der Waals surface area (Å²) in [6, 6.07) is 11.6. The zero-order valence-electron chi connectivity index (χ0n) is 29.6. The number of carbonyl (C=O) groups excluding carboxylic acids is 4. The maximum Gasteiger partial charge on any atom is 0.303 e. The third-order valence-corrected chi connectivity index (χ3v) is 10.3. The van der Waals surface area contributed by atoms with E-state index in [4.69, 9.17) is 41.5 Å². The molecule has 2 aliphatic heterocycles. The van der Waals surface area contributed by atoms with Gasteiger partial charge >= 0.3 is 23.9 Å². The van der Waals surface area contributed by atoms with E-state index in [9.17, 15) is 36.0 Å². The molecule has 17 nitrogen and oxygen atoms in total. The molecule has 0 aliphatic carbocycles. The molecule has 19 heteroatoms. The summed E-state index contributed by atoms with van der Waals surface area (Å²) in [5.74, 6) is -3.53. The molecule has 0 radical (unpaired) electrons. The number of aryl methyl sites for hydroxylation is 2. The van der Waals surface area contributed by atoms with Gasteiger partial charge in [-0.05, 0) is 44.2 Å². The van der Waals surface area contributed by atoms with Crippen LogP contribution in [-0.4, -0.2) is 103 Å². The van der Waals surface area contributed by atoms with Crippen molar-refractivity contribution in [1.29, 1.82) is 0 Å². The van der Waals surface area contributed by atoms with Crippen LogP contribution in [0.25, 0.3) is 0 Å². The van der Waals surface area contributed by atoms with Gasteiger partial charge in [0.05, 0.1) is 22.7 Å². The first-order valence-corrected chi connectivity index (χ1v) is 18.9. The summed E-state index contributed by atoms with van der Waals surface area (Å²) in [7, 11) is -8.78. The second-order valence-corrected chi connectivity index (χ2v) is 15.3. The Bertz CT molecular complexity index is 1870. The van der Waals surface area contributed by atoms with E-state index in [1.54, 1.807) is 38.1 Å². The van der Waals surface area contributed by atoms with Crippen molar-refractivity contribution >= 4 is 44.1 Å². The lowest BCUT2D eigenvalue weighted by molar-refractivity contribution is -0.327. The van der Waals surface area contributed by atoms with Crippen LogP contribution in [0, 0.1) is 13.8 Å². The van der Waals surface area contributed by atoms with Crippen LogP contribution in [0.1, 0.15) is 38.8 Å². The Morgan fingerprint density at radius 1 is 0.585 bits per heavy atom. The Balaban J connectivity index is 1.71. The molecule has 290 valence electrons. The van der Waals surface area contributed by atoms with Crippen LogP contribution in [0.2, 0.25) is 0 Å². The maximum atomic E-state index is 13.1. The minimum atomic E-state index is -4.44. The Labute approximate surface area is 306 Å². The molecule has 0 spiro atoms. The summed E-state index contributed by atoms with van der Waals surface area (Å²) in [6.45, 7) is 6.17. The fourth-order valence-corrected chi connectivity index (χ4v) is 7.17. The standard InChI is InChI=1S/C34H40O17S2/c1-19-7-11-25(12-8-19)52(39,40)44-17-28-30(27(15-16-43-28)46-21(3)35)51-34-33(49-24(6)38)32(48-23(5)37)31(47-22(4)36)29(50-34)18-45-53(41,42)26-13-9-20(2)10-14-26/h7-16,27-34H,17-18H2,1-6H3/t27-,28-,29-,30+,31-,32+,33-,34-/m1/s1. The maximum absolute atomic E-state index is 13.1. The van der Waals surface area contributed by atoms with Crippen LogP contribution in [0.15, 0.2) is 70.7 Å². The predicted octanol–water partition coefficient (Wildman–Crippen LogP) is 2.16. The van der Waals surface area contributed by atoms with Crippen LogP contribution in [-0.2, 0) is 80.9 Å². The summed E-state index contributed by atoms with van der Waals surface area (Å²) in [4.78, 5) is 48.8. The van der Waals surface area contributed by atoms with Crippen molar-refractivity contribution in [2.24, 2.45) is 0 Å². The molecule has 1 saturated heterocycles. The zero-order valence-corrected chi connectivity index (χ0v) is 31.2. The number of ether oxygens (including phenoxy) is 7. The highest BCUT2D eigenvalue weighted by Gasteiger charge is 2.54. The average Bonchev–Trinajstić information content (AvgIpc) is 3.06. The fourth-order valence-electron chi connectivity index (χ4n) is 5.33. The van der Waals surface area contributed by atoms with Gasteiger partial charge in [0.25, 0.3) is 20.2 Å². The van der Waals surface area contributed by atoms with E-state index in [1.165, 1.54) is 30.3 Å². The lowest BCUT2D eigenvalue weighted by Gasteiger charge is -2.46. The van der Waals surface area contributed by atoms with Gasteiger partial charge in [0, 0.05) is 27.7 Å². The van der Waals surface area contributed by atoms with Crippen LogP contribution >= 0.6 is 0 Å². The summed E-state index contributed by atoms with van der Waals surface area (Å²) in [5.41, 5.74) is 1.58. The van der Waals surface area contributed by atoms with E-state index < -0.39 is 106 Å². The molecule has 4 rings (SSSR count). The molecule has 2 aliphatic rings. The Hall–Kier alpha value is -4.40. The third kappa shape index (κ3) is 11.3. The average molecular weight is 785 g/mol. The van der Waals surface area contributed by atoms with E-state index >= 15 is 0 Å². The second-order valence-electron chi connectivity index (χ2n) is 12.0. The van der Waals surface area contributed by atoms with Crippen LogP contribution < -0.4 is 0 Å². The van der Waals surface area contributed by atoms with Crippen molar-refractivity contribution in [2.45, 2.75) is 100 Å². The molecule has 0 bridgehead atoms. The van der Waals surface area contributed by atoms with E-state index in [0.717, 1.165) is 45.1 Å². The minimum absolute atomic E-state index is 0.154. The number of hydrogen-bond donors (Lipinski definition) is 0. The van der Waals surface area contributed by atoms with E-state index in [2.05, 4.69) is 0 Å². The molecule has 0 N–H and O–H groups in total. The number of rotatable bonds is 14. The van der Waals surface area contributed by atoms with E-state index in [-0.39, 0.29) is 9.79 Å². The van der Waals surface area contributed by atoms with Gasteiger partial charge in [-0.1, -0.05) is 35.4 Å². The van der Waals surface area contributed by atoms with Gasteiger partial charge in [-0.15, -0.1) is 0 Å². The lowest BCUT2D eigenvalue weighted by atomic mass is 9.97. The van der Waals surface area contributed by atoms with Gasteiger partial charge in [-0.3, -0.25) is 27.5 Å². The van der Waals surface area contributed by atoms with Crippen molar-refractivity contribution in [3.63, 3.8) is 0 Å². The number of esters is 4. The van der Waals surface area contributed by atoms with E-state index in [0.29, 0.717) is 0 Å². The highest BCUT2D eigenvalue weighted by Crippen LogP contribution is 2.33. The summed E-state index contributed by atoms with van der Waals surface area (Å²) in [6.07, 6.45) is -10.1. The molecule has 0 aromatic heterocycles. The van der Waals surface area contributed by atoms with Gasteiger partial charge in [0.15, 0.2) is 36.8 Å². The van der Waals surface area contributed by atoms with Crippen molar-refractivity contribution < 1.29 is 77.5 Å². The number of benzene rings is 2. The molecular formula is C34H40O17S2. The first-order chi connectivity index (χ1) is 24.9. The van der Waals surface area contributed by atoms with Crippen molar-refractivity contribution in [3.05, 3.63) is 72.0 Å². The number of carbonyl (C=O) groups is 4. The molecule has 2 aromatic carbocycles. The summed E-state index contributed by atoms with van der Waals surface area (Å²) in [5, 5.41) is 0. The van der Waals surface area contributed by atoms with Gasteiger partial charge in [-0.2, -0.15) is 16.8 Å². The molecule has 8 atom stereocenters. The normalized spacial score (nSPS) is 25.8. The van der Waals surface area contributed by atoms with Gasteiger partial charge in [0.2, 0.25) is 0 Å². The van der Waals surface area contributed by atoms with Crippen molar-refractivity contribution in [3.8, 4) is 0 Å². The Morgan fingerprint density at radius 2 is 1.02 bits per heavy atom. The monoisotopic (exact) mass is 784 g/mol. The molecule has 0 unspecified atom stereocenters. The molecular weight excluding hydrogens is 744 g/mol. The molecule has 53 heavy (non-hydrogen) atoms. The third-order valence-electron chi connectivity index (χ3n) is 7.70. The summed E-state index contributed by atoms with van der Waals surface area (Å²) >= 11 is 0. The Morgan fingerprint density at radius 3 is 1.49 bits per heavy atom. The molecule has 0 amide bonds. The number of hydrogen-bond acceptors (Lipinski definition) is 17. The zero-order chi connectivity index (χ0) is 39.1. The molecule has 1 fully saturated rings. The first kappa shape index (κ1) is 41.4. The van der Waals surface area contributed by atoms with Crippen LogP contribution in [0.4, 0.5) is 0 Å². The lowest BCUT2D eigenvalue weighted by Crippen LogP contribution is -2.64. The van der Waals surface area contributed by atoms with E-state index in [1.807, 2.05) is 0 Å². The SMILES string of the molecule is CC(=O)O[C@@H]1[C@@H](OC(C)=O)[C@@H](O[C@H]2[C@H](OC(C)=O)C=CO[C@@H]2COS(=O)(=O)c2ccc(C)cc2)O[C@H](COS(=O)(=O)c2ccc(C)cc2)[C@H]1OC(C)=O. The smallest absolute Gasteiger partial charge is 0.303 e. The predicted molar refractivity (Wildman–Crippen MR) is 178 cm³/mol. The minimum Gasteiger partial charge on any atom is -0.493 e. The molecule has 0 saturated carbocycles. The fraction of sp³-hybridized carbons (Fsp3) is 0.471. The topological polar surface area (TPSA) is 220 Å². The Kier molecular flexibility index (Phi) is 13.7. The van der Waals surface area contributed by atoms with Crippen LogP contribution in [0.3, 0.4) is 0 Å². The van der Waals surface area contributed by atoms with Crippen LogP contribution in [0.5, 0.6) is 0 Å². The second kappa shape index (κ2) is 17.6. The quantitative estimate of drug-likeness (QED) is 0.152. The van der Waals surface area contributed by atoms with Gasteiger partial charge < -0.3 is 33.2 Å².